The van der Waals surface area contributed by atoms with Crippen LogP contribution in [0.3, 0.4) is 0 Å². The molecule has 1 atom stereocenters. The maximum Gasteiger partial charge on any atom is 0.237 e. The number of amides is 1. The number of methoxy groups -OCH3 is 1. The molecule has 9 heteroatoms. The van der Waals surface area contributed by atoms with E-state index in [0.717, 1.165) is 22.6 Å². The van der Waals surface area contributed by atoms with E-state index in [1.807, 2.05) is 48.7 Å². The van der Waals surface area contributed by atoms with E-state index in [4.69, 9.17) is 16.3 Å². The summed E-state index contributed by atoms with van der Waals surface area (Å²) in [7, 11) is 1.60. The fourth-order valence-electron chi connectivity index (χ4n) is 3.22. The van der Waals surface area contributed by atoms with Crippen molar-refractivity contribution in [2.24, 2.45) is 0 Å². The minimum absolute atomic E-state index is 0.145. The Morgan fingerprint density at radius 3 is 2.52 bits per heavy atom. The van der Waals surface area contributed by atoms with E-state index in [1.165, 1.54) is 11.8 Å². The maximum atomic E-state index is 12.9. The average Bonchev–Trinajstić information content (AvgIpc) is 3.25. The topological polar surface area (TPSA) is 81.9 Å². The third-order valence-electron chi connectivity index (χ3n) is 5.06. The highest BCUT2D eigenvalue weighted by Gasteiger charge is 2.23. The first-order valence-corrected chi connectivity index (χ1v) is 11.5. The van der Waals surface area contributed by atoms with Crippen LogP contribution in [0, 0.1) is 6.92 Å². The number of nitrogens with one attached hydrogen (secondary N) is 1. The maximum absolute atomic E-state index is 12.9. The molecule has 7 nitrogen and oxygen atoms in total. The Bertz CT molecular complexity index is 1260. The van der Waals surface area contributed by atoms with Gasteiger partial charge in [-0.05, 0) is 67.9 Å². The first-order chi connectivity index (χ1) is 16.0. The Labute approximate surface area is 201 Å². The zero-order valence-electron chi connectivity index (χ0n) is 18.3. The molecule has 2 aromatic carbocycles. The number of halogens is 1. The van der Waals surface area contributed by atoms with Crippen molar-refractivity contribution in [3.63, 3.8) is 0 Å². The van der Waals surface area contributed by atoms with Crippen LogP contribution in [0.2, 0.25) is 5.02 Å². The summed E-state index contributed by atoms with van der Waals surface area (Å²) in [6.45, 7) is 3.78. The van der Waals surface area contributed by atoms with E-state index in [1.54, 1.807) is 43.8 Å². The second-order valence-electron chi connectivity index (χ2n) is 7.24. The molecule has 4 aromatic rings. The number of hydrogen-bond acceptors (Lipinski definition) is 6. The molecule has 1 unspecified atom stereocenters. The summed E-state index contributed by atoms with van der Waals surface area (Å²) in [4.78, 5) is 17.0. The van der Waals surface area contributed by atoms with Crippen LogP contribution in [-0.2, 0) is 4.79 Å². The molecule has 1 N–H and O–H groups in total. The lowest BCUT2D eigenvalue weighted by Crippen LogP contribution is -2.22. The smallest absolute Gasteiger partial charge is 0.237 e. The molecule has 2 heterocycles. The summed E-state index contributed by atoms with van der Waals surface area (Å²) in [5.74, 6) is 1.23. The number of carbonyl (C=O) groups excluding carboxylic acids is 1. The number of benzene rings is 2. The van der Waals surface area contributed by atoms with Gasteiger partial charge in [0.1, 0.15) is 5.75 Å². The summed E-state index contributed by atoms with van der Waals surface area (Å²) in [6, 6.07) is 16.6. The van der Waals surface area contributed by atoms with Gasteiger partial charge in [-0.2, -0.15) is 0 Å². The lowest BCUT2D eigenvalue weighted by Gasteiger charge is -2.16. The van der Waals surface area contributed by atoms with Crippen molar-refractivity contribution in [3.05, 3.63) is 77.6 Å². The lowest BCUT2D eigenvalue weighted by molar-refractivity contribution is -0.115. The van der Waals surface area contributed by atoms with Gasteiger partial charge < -0.3 is 10.1 Å². The monoisotopic (exact) mass is 479 g/mol. The predicted molar refractivity (Wildman–Crippen MR) is 131 cm³/mol. The quantitative estimate of drug-likeness (QED) is 0.356. The molecule has 0 aliphatic carbocycles. The third-order valence-corrected chi connectivity index (χ3v) is 6.51. The molecular weight excluding hydrogens is 458 g/mol. The molecule has 0 saturated carbocycles. The van der Waals surface area contributed by atoms with Crippen LogP contribution in [0.15, 0.2) is 72.1 Å². The van der Waals surface area contributed by atoms with Gasteiger partial charge in [0.15, 0.2) is 11.0 Å². The van der Waals surface area contributed by atoms with Gasteiger partial charge in [-0.1, -0.05) is 29.4 Å². The summed E-state index contributed by atoms with van der Waals surface area (Å²) >= 11 is 7.73. The van der Waals surface area contributed by atoms with E-state index >= 15 is 0 Å². The number of ether oxygens (including phenoxy) is 1. The summed E-state index contributed by atoms with van der Waals surface area (Å²) in [6.07, 6.45) is 3.41. The highest BCUT2D eigenvalue weighted by Crippen LogP contribution is 2.33. The molecule has 2 aromatic heterocycles. The molecule has 4 rings (SSSR count). The number of rotatable bonds is 7. The second-order valence-corrected chi connectivity index (χ2v) is 8.95. The van der Waals surface area contributed by atoms with Gasteiger partial charge in [0.05, 0.1) is 18.0 Å². The fourth-order valence-corrected chi connectivity index (χ4v) is 4.25. The van der Waals surface area contributed by atoms with Crippen LogP contribution in [-0.4, -0.2) is 38.0 Å². The van der Waals surface area contributed by atoms with Crippen LogP contribution in [0.4, 0.5) is 5.69 Å². The lowest BCUT2D eigenvalue weighted by atomic mass is 10.2. The molecule has 0 spiro atoms. The number of carbonyl (C=O) groups is 1. The number of thioether (sulfide) groups is 1. The molecule has 0 saturated heterocycles. The predicted octanol–water partition coefficient (Wildman–Crippen LogP) is 5.42. The Balaban J connectivity index is 1.65. The van der Waals surface area contributed by atoms with E-state index in [9.17, 15) is 4.79 Å². The Morgan fingerprint density at radius 2 is 1.82 bits per heavy atom. The fraction of sp³-hybridized carbons (Fsp3) is 0.167. The number of hydrogen-bond donors (Lipinski definition) is 1. The Kier molecular flexibility index (Phi) is 6.96. The summed E-state index contributed by atoms with van der Waals surface area (Å²) in [5, 5.41) is 12.6. The average molecular weight is 480 g/mol. The molecule has 1 amide bonds. The van der Waals surface area contributed by atoms with Crippen LogP contribution < -0.4 is 10.1 Å². The van der Waals surface area contributed by atoms with Gasteiger partial charge in [-0.15, -0.1) is 10.2 Å². The van der Waals surface area contributed by atoms with Gasteiger partial charge in [-0.25, -0.2) is 0 Å². The molecule has 0 aliphatic heterocycles. The highest BCUT2D eigenvalue weighted by atomic mass is 35.5. The van der Waals surface area contributed by atoms with Crippen LogP contribution in [0.5, 0.6) is 5.75 Å². The van der Waals surface area contributed by atoms with Crippen LogP contribution in [0.25, 0.3) is 17.1 Å². The van der Waals surface area contributed by atoms with Gasteiger partial charge in [0.25, 0.3) is 0 Å². The molecule has 0 fully saturated rings. The van der Waals surface area contributed by atoms with E-state index < -0.39 is 5.25 Å². The molecule has 0 radical (unpaired) electrons. The van der Waals surface area contributed by atoms with Crippen molar-refractivity contribution < 1.29 is 9.53 Å². The largest absolute Gasteiger partial charge is 0.497 e. The van der Waals surface area contributed by atoms with Crippen LogP contribution >= 0.6 is 23.4 Å². The standard InChI is InChI=1S/C24H22ClN5O2S/c1-15-20(25)5-4-6-21(15)30-22(17-11-13-26-14-12-17)28-29-24(30)33-16(2)23(31)27-18-7-9-19(32-3)10-8-18/h4-14,16H,1-3H3,(H,27,31). The van der Waals surface area contributed by atoms with Crippen molar-refractivity contribution in [1.82, 2.24) is 19.7 Å². The first-order valence-electron chi connectivity index (χ1n) is 10.2. The third kappa shape index (κ3) is 5.02. The van der Waals surface area contributed by atoms with Crippen molar-refractivity contribution in [3.8, 4) is 22.8 Å². The van der Waals surface area contributed by atoms with Crippen molar-refractivity contribution in [2.75, 3.05) is 12.4 Å². The van der Waals surface area contributed by atoms with Gasteiger partial charge in [0.2, 0.25) is 5.91 Å². The van der Waals surface area contributed by atoms with Gasteiger partial charge >= 0.3 is 0 Å². The zero-order valence-corrected chi connectivity index (χ0v) is 19.9. The molecular formula is C24H22ClN5O2S. The van der Waals surface area contributed by atoms with E-state index in [2.05, 4.69) is 20.5 Å². The SMILES string of the molecule is COc1ccc(NC(=O)C(C)Sc2nnc(-c3ccncc3)n2-c2cccc(Cl)c2C)cc1. The number of pyridine rings is 1. The molecule has 168 valence electrons. The normalized spacial score (nSPS) is 11.8. The minimum Gasteiger partial charge on any atom is -0.497 e. The van der Waals surface area contributed by atoms with Crippen molar-refractivity contribution >= 4 is 35.0 Å². The minimum atomic E-state index is -0.431. The molecule has 0 bridgehead atoms. The zero-order chi connectivity index (χ0) is 23.4. The number of anilines is 1. The van der Waals surface area contributed by atoms with E-state index in [0.29, 0.717) is 21.7 Å². The first kappa shape index (κ1) is 22.8. The second kappa shape index (κ2) is 10.1. The molecule has 0 aliphatic rings. The summed E-state index contributed by atoms with van der Waals surface area (Å²) in [5.41, 5.74) is 3.30. The van der Waals surface area contributed by atoms with Gasteiger partial charge in [0, 0.05) is 28.7 Å². The van der Waals surface area contributed by atoms with Crippen molar-refractivity contribution in [2.45, 2.75) is 24.3 Å². The van der Waals surface area contributed by atoms with Crippen molar-refractivity contribution in [1.29, 1.82) is 0 Å². The number of nitrogens with zero attached hydrogens (tertiary/aromatic N) is 4. The summed E-state index contributed by atoms with van der Waals surface area (Å²) < 4.78 is 7.09. The molecule has 33 heavy (non-hydrogen) atoms. The van der Waals surface area contributed by atoms with Crippen LogP contribution in [0.1, 0.15) is 12.5 Å². The highest BCUT2D eigenvalue weighted by molar-refractivity contribution is 8.00. The van der Waals surface area contributed by atoms with Gasteiger partial charge in [-0.3, -0.25) is 14.3 Å². The number of aromatic nitrogens is 4. The van der Waals surface area contributed by atoms with E-state index in [-0.39, 0.29) is 5.91 Å². The Morgan fingerprint density at radius 1 is 1.09 bits per heavy atom. The Hall–Kier alpha value is -3.36.